The number of fused-ring (bicyclic) bond motifs is 1. The lowest BCUT2D eigenvalue weighted by molar-refractivity contribution is 0.00194. The average molecular weight is 206 g/mol. The van der Waals surface area contributed by atoms with Gasteiger partial charge in [-0.1, -0.05) is 41.0 Å². The van der Waals surface area contributed by atoms with Crippen molar-refractivity contribution in [2.45, 2.75) is 60.3 Å². The van der Waals surface area contributed by atoms with E-state index in [2.05, 4.69) is 34.6 Å². The minimum atomic E-state index is 0.722. The molecule has 6 unspecified atom stereocenters. The van der Waals surface area contributed by atoms with Crippen LogP contribution in [0.2, 0.25) is 0 Å². The Hall–Kier alpha value is 0. The number of rotatable bonds is 3. The molecule has 0 aliphatic heterocycles. The van der Waals surface area contributed by atoms with E-state index in [0.29, 0.717) is 0 Å². The summed E-state index contributed by atoms with van der Waals surface area (Å²) in [4.78, 5) is 0. The van der Waals surface area contributed by atoms with Gasteiger partial charge in [0.2, 0.25) is 0 Å². The summed E-state index contributed by atoms with van der Waals surface area (Å²) in [6, 6.07) is 0. The van der Waals surface area contributed by atoms with E-state index >= 15 is 0 Å². The van der Waals surface area contributed by atoms with Crippen LogP contribution in [0.1, 0.15) is 60.3 Å². The molecule has 3 aliphatic carbocycles. The summed E-state index contributed by atoms with van der Waals surface area (Å²) in [6.45, 7) is 12.5. The predicted molar refractivity (Wildman–Crippen MR) is 64.6 cm³/mol. The minimum Gasteiger partial charge on any atom is -0.0654 e. The van der Waals surface area contributed by atoms with Gasteiger partial charge in [-0.05, 0) is 53.3 Å². The van der Waals surface area contributed by atoms with E-state index in [1.807, 2.05) is 0 Å². The van der Waals surface area contributed by atoms with E-state index < -0.39 is 0 Å². The van der Waals surface area contributed by atoms with Crippen molar-refractivity contribution in [2.24, 2.45) is 34.0 Å². The summed E-state index contributed by atoms with van der Waals surface area (Å²) < 4.78 is 0. The van der Waals surface area contributed by atoms with Gasteiger partial charge in [0.1, 0.15) is 0 Å². The van der Waals surface area contributed by atoms with Crippen LogP contribution in [0.3, 0.4) is 0 Å². The summed E-state index contributed by atoms with van der Waals surface area (Å²) in [5.74, 6) is 3.13. The largest absolute Gasteiger partial charge is 0.0654 e. The van der Waals surface area contributed by atoms with E-state index in [0.717, 1.165) is 34.0 Å². The summed E-state index contributed by atoms with van der Waals surface area (Å²) in [5.41, 5.74) is 2.26. The molecule has 0 radical (unpaired) electrons. The zero-order valence-corrected chi connectivity index (χ0v) is 11.1. The lowest BCUT2D eigenvalue weighted by Crippen LogP contribution is -2.41. The van der Waals surface area contributed by atoms with Gasteiger partial charge in [-0.25, -0.2) is 0 Å². The molecule has 0 heteroatoms. The van der Waals surface area contributed by atoms with Crippen LogP contribution in [0.15, 0.2) is 0 Å². The molecule has 0 aromatic heterocycles. The minimum absolute atomic E-state index is 0.722. The Kier molecular flexibility index (Phi) is 1.67. The van der Waals surface area contributed by atoms with Gasteiger partial charge in [0.25, 0.3) is 0 Å². The van der Waals surface area contributed by atoms with Gasteiger partial charge in [0.05, 0.1) is 0 Å². The van der Waals surface area contributed by atoms with E-state index in [9.17, 15) is 0 Å². The molecule has 3 rings (SSSR count). The summed E-state index contributed by atoms with van der Waals surface area (Å²) in [6.07, 6.45) is 5.90. The van der Waals surface area contributed by atoms with Crippen molar-refractivity contribution in [1.82, 2.24) is 0 Å². The van der Waals surface area contributed by atoms with Crippen molar-refractivity contribution >= 4 is 0 Å². The van der Waals surface area contributed by atoms with Crippen LogP contribution in [0.4, 0.5) is 0 Å². The normalized spacial score (nSPS) is 65.8. The highest BCUT2D eigenvalue weighted by atomic mass is 14.9. The van der Waals surface area contributed by atoms with Crippen molar-refractivity contribution in [2.75, 3.05) is 0 Å². The molecule has 3 aliphatic rings. The highest BCUT2D eigenvalue weighted by Gasteiger charge is 2.85. The first-order chi connectivity index (χ1) is 6.92. The summed E-state index contributed by atoms with van der Waals surface area (Å²) >= 11 is 0. The van der Waals surface area contributed by atoms with E-state index in [4.69, 9.17) is 0 Å². The molecule has 0 aromatic carbocycles. The topological polar surface area (TPSA) is 0 Å². The van der Waals surface area contributed by atoms with Crippen molar-refractivity contribution in [3.8, 4) is 0 Å². The van der Waals surface area contributed by atoms with Crippen LogP contribution < -0.4 is 0 Å². The molecular formula is C15H26. The molecule has 0 bridgehead atoms. The Morgan fingerprint density at radius 3 is 2.20 bits per heavy atom. The van der Waals surface area contributed by atoms with E-state index in [1.54, 1.807) is 6.42 Å². The van der Waals surface area contributed by atoms with Gasteiger partial charge in [-0.3, -0.25) is 0 Å². The first-order valence-electron chi connectivity index (χ1n) is 6.92. The van der Waals surface area contributed by atoms with Crippen LogP contribution in [0.25, 0.3) is 0 Å². The van der Waals surface area contributed by atoms with Gasteiger partial charge in [-0.2, -0.15) is 0 Å². The SMILES string of the molecule is CCCC1(C)CC2(C3(C)CC3C)C(C)C12. The molecule has 0 N–H and O–H groups in total. The van der Waals surface area contributed by atoms with E-state index in [-0.39, 0.29) is 0 Å². The van der Waals surface area contributed by atoms with Crippen LogP contribution in [-0.2, 0) is 0 Å². The second-order valence-corrected chi connectivity index (χ2v) is 7.41. The highest BCUT2D eigenvalue weighted by molar-refractivity contribution is 5.33. The first kappa shape index (κ1) is 10.2. The Bertz CT molecular complexity index is 307. The Balaban J connectivity index is 1.80. The first-order valence-corrected chi connectivity index (χ1v) is 6.92. The lowest BCUT2D eigenvalue weighted by Gasteiger charge is -2.48. The van der Waals surface area contributed by atoms with Crippen molar-refractivity contribution in [3.63, 3.8) is 0 Å². The Morgan fingerprint density at radius 1 is 1.20 bits per heavy atom. The maximum absolute atomic E-state index is 2.57. The third-order valence-corrected chi connectivity index (χ3v) is 6.75. The van der Waals surface area contributed by atoms with Crippen LogP contribution in [-0.4, -0.2) is 0 Å². The standard InChI is InChI=1S/C15H26/c1-6-7-13(4)9-15(11(3)12(13)15)14(5)8-10(14)2/h10-12H,6-9H2,1-5H3. The molecular weight excluding hydrogens is 180 g/mol. The fourth-order valence-corrected chi connectivity index (χ4v) is 5.89. The number of hydrogen-bond acceptors (Lipinski definition) is 0. The molecule has 0 aromatic rings. The predicted octanol–water partition coefficient (Wildman–Crippen LogP) is 4.49. The number of hydrogen-bond donors (Lipinski definition) is 0. The van der Waals surface area contributed by atoms with Gasteiger partial charge >= 0.3 is 0 Å². The van der Waals surface area contributed by atoms with Crippen LogP contribution >= 0.6 is 0 Å². The van der Waals surface area contributed by atoms with E-state index in [1.165, 1.54) is 19.3 Å². The van der Waals surface area contributed by atoms with Gasteiger partial charge in [0.15, 0.2) is 0 Å². The Labute approximate surface area is 94.8 Å². The van der Waals surface area contributed by atoms with Crippen LogP contribution in [0.5, 0.6) is 0 Å². The second-order valence-electron chi connectivity index (χ2n) is 7.41. The maximum atomic E-state index is 2.57. The molecule has 86 valence electrons. The quantitative estimate of drug-likeness (QED) is 0.638. The van der Waals surface area contributed by atoms with Crippen molar-refractivity contribution in [1.29, 1.82) is 0 Å². The molecule has 0 nitrogen and oxygen atoms in total. The van der Waals surface area contributed by atoms with Gasteiger partial charge in [-0.15, -0.1) is 0 Å². The molecule has 6 atom stereocenters. The molecule has 15 heavy (non-hydrogen) atoms. The third kappa shape index (κ3) is 0.875. The smallest absolute Gasteiger partial charge is 0.0171 e. The molecule has 0 saturated heterocycles. The lowest BCUT2D eigenvalue weighted by atomic mass is 9.56. The fourth-order valence-electron chi connectivity index (χ4n) is 5.89. The van der Waals surface area contributed by atoms with Crippen LogP contribution in [0, 0.1) is 34.0 Å². The molecule has 0 amide bonds. The Morgan fingerprint density at radius 2 is 1.80 bits per heavy atom. The summed E-state index contributed by atoms with van der Waals surface area (Å²) in [7, 11) is 0. The second kappa shape index (κ2) is 2.46. The molecule has 0 spiro atoms. The molecule has 3 saturated carbocycles. The van der Waals surface area contributed by atoms with Gasteiger partial charge < -0.3 is 0 Å². The molecule has 0 heterocycles. The fraction of sp³-hybridized carbons (Fsp3) is 1.00. The zero-order chi connectivity index (χ0) is 11.1. The average Bonchev–Trinajstić information content (AvgIpc) is 2.88. The monoisotopic (exact) mass is 206 g/mol. The highest BCUT2D eigenvalue weighted by Crippen LogP contribution is 2.91. The van der Waals surface area contributed by atoms with Crippen molar-refractivity contribution < 1.29 is 0 Å². The summed E-state index contributed by atoms with van der Waals surface area (Å²) in [5, 5.41) is 0. The maximum Gasteiger partial charge on any atom is -0.0171 e. The zero-order valence-electron chi connectivity index (χ0n) is 11.1. The third-order valence-electron chi connectivity index (χ3n) is 6.75. The molecule has 3 fully saturated rings. The van der Waals surface area contributed by atoms with Gasteiger partial charge in [0, 0.05) is 0 Å². The van der Waals surface area contributed by atoms with Crippen molar-refractivity contribution in [3.05, 3.63) is 0 Å².